The summed E-state index contributed by atoms with van der Waals surface area (Å²) in [5.74, 6) is 0.358. The molecule has 2 aromatic heterocycles. The Morgan fingerprint density at radius 2 is 1.46 bits per heavy atom. The van der Waals surface area contributed by atoms with Crippen molar-refractivity contribution in [3.05, 3.63) is 130 Å². The van der Waals surface area contributed by atoms with E-state index in [1.807, 2.05) is 0 Å². The monoisotopic (exact) mass is 602 g/mol. The fourth-order valence-corrected chi connectivity index (χ4v) is 10.5. The van der Waals surface area contributed by atoms with E-state index in [0.717, 1.165) is 25.7 Å². The summed E-state index contributed by atoms with van der Waals surface area (Å²) in [6, 6.07) is 30.8. The fraction of sp³-hybridized carbons (Fsp3) is 0.364. The van der Waals surface area contributed by atoms with Gasteiger partial charge in [-0.2, -0.15) is 9.13 Å². The van der Waals surface area contributed by atoms with Gasteiger partial charge in [-0.05, 0) is 64.1 Å². The summed E-state index contributed by atoms with van der Waals surface area (Å²) in [7, 11) is 0. The molecular weight excluding hydrogens is 556 g/mol. The minimum atomic E-state index is -0.0777. The molecule has 230 valence electrons. The van der Waals surface area contributed by atoms with E-state index in [1.165, 1.54) is 67.0 Å². The van der Waals surface area contributed by atoms with Crippen LogP contribution in [0.25, 0.3) is 33.6 Å². The van der Waals surface area contributed by atoms with Gasteiger partial charge in [0.05, 0.1) is 17.0 Å². The van der Waals surface area contributed by atoms with Crippen LogP contribution in [0, 0.1) is 6.92 Å². The lowest BCUT2D eigenvalue weighted by molar-refractivity contribution is -0.761. The van der Waals surface area contributed by atoms with E-state index < -0.39 is 0 Å². The number of pyridine rings is 2. The predicted molar refractivity (Wildman–Crippen MR) is 187 cm³/mol. The number of nitrogens with zero attached hydrogens (tertiary/aromatic N) is 2. The van der Waals surface area contributed by atoms with E-state index in [1.54, 1.807) is 5.56 Å². The normalized spacial score (nSPS) is 21.5. The molecule has 2 atom stereocenters. The Labute approximate surface area is 274 Å². The van der Waals surface area contributed by atoms with Crippen LogP contribution in [0.1, 0.15) is 112 Å². The second-order valence-corrected chi connectivity index (χ2v) is 15.7. The van der Waals surface area contributed by atoms with Gasteiger partial charge in [-0.1, -0.05) is 90.1 Å². The highest BCUT2D eigenvalue weighted by atomic mass is 15.1. The van der Waals surface area contributed by atoms with Crippen molar-refractivity contribution in [1.82, 2.24) is 0 Å². The van der Waals surface area contributed by atoms with Crippen LogP contribution in [0.2, 0.25) is 0 Å². The number of rotatable bonds is 4. The molecular formula is C44H46N2+2. The lowest BCUT2D eigenvalue weighted by Gasteiger charge is -2.34. The molecule has 2 aliphatic heterocycles. The molecule has 0 saturated carbocycles. The van der Waals surface area contributed by atoms with Gasteiger partial charge in [0.25, 0.3) is 0 Å². The van der Waals surface area contributed by atoms with Crippen molar-refractivity contribution in [3.63, 3.8) is 0 Å². The first-order chi connectivity index (χ1) is 22.1. The molecule has 2 aliphatic carbocycles. The van der Waals surface area contributed by atoms with Gasteiger partial charge in [0.1, 0.15) is 0 Å². The third-order valence-corrected chi connectivity index (χ3v) is 13.0. The SMILES string of the molecule is CCC1(CC)CC(C2Cc3cccc4c3-c3c(ccc[n+]32)C4(C)C)c2cc(-c3ccccc3)cc3c2-c2c(c(C)cc[n+]21)C3(C)C. The zero-order valence-corrected chi connectivity index (χ0v) is 28.5. The predicted octanol–water partition coefficient (Wildman–Crippen LogP) is 9.65. The van der Waals surface area contributed by atoms with Gasteiger partial charge in [0.2, 0.25) is 11.4 Å². The number of aryl methyl sites for hydroxylation is 1. The molecule has 0 spiro atoms. The summed E-state index contributed by atoms with van der Waals surface area (Å²) in [6.07, 6.45) is 9.29. The molecule has 2 nitrogen and oxygen atoms in total. The summed E-state index contributed by atoms with van der Waals surface area (Å²) in [5.41, 5.74) is 19.1. The topological polar surface area (TPSA) is 7.76 Å². The van der Waals surface area contributed by atoms with Crippen molar-refractivity contribution in [2.75, 3.05) is 0 Å². The first-order valence-corrected chi connectivity index (χ1v) is 17.6. The lowest BCUT2D eigenvalue weighted by Crippen LogP contribution is -2.58. The zero-order valence-electron chi connectivity index (χ0n) is 28.5. The summed E-state index contributed by atoms with van der Waals surface area (Å²) in [6.45, 7) is 17.0. The van der Waals surface area contributed by atoms with Crippen molar-refractivity contribution in [1.29, 1.82) is 0 Å². The molecule has 46 heavy (non-hydrogen) atoms. The molecule has 4 heterocycles. The minimum absolute atomic E-state index is 0.00956. The van der Waals surface area contributed by atoms with Crippen LogP contribution in [0.5, 0.6) is 0 Å². The molecule has 2 heteroatoms. The first-order valence-electron chi connectivity index (χ1n) is 17.6. The van der Waals surface area contributed by atoms with Gasteiger partial charge >= 0.3 is 0 Å². The largest absolute Gasteiger partial charge is 0.217 e. The molecule has 0 fully saturated rings. The molecule has 5 aromatic rings. The van der Waals surface area contributed by atoms with Gasteiger partial charge in [-0.15, -0.1) is 0 Å². The standard InChI is InChI=1S/C44H46N2/c1-8-44(9-2)26-32(36-25-29-17-13-18-33-37(29)40-34(42(33,4)5)19-14-21-45(36)40)31-23-30(28-15-11-10-12-16-28)24-35-38(31)41-39(43(35,6)7)27(3)20-22-46(41)44/h10-24,32,36H,8-9,25-26H2,1-7H3/q+2. The maximum Gasteiger partial charge on any atom is 0.217 e. The van der Waals surface area contributed by atoms with Gasteiger partial charge < -0.3 is 0 Å². The lowest BCUT2D eigenvalue weighted by atomic mass is 9.72. The van der Waals surface area contributed by atoms with Crippen LogP contribution in [0.4, 0.5) is 0 Å². The third kappa shape index (κ3) is 3.38. The molecule has 0 amide bonds. The van der Waals surface area contributed by atoms with E-state index in [2.05, 4.69) is 149 Å². The van der Waals surface area contributed by atoms with Gasteiger partial charge in [-0.25, -0.2) is 0 Å². The van der Waals surface area contributed by atoms with Crippen molar-refractivity contribution >= 4 is 0 Å². The molecule has 3 aromatic carbocycles. The molecule has 2 unspecified atom stereocenters. The van der Waals surface area contributed by atoms with Crippen LogP contribution in [-0.2, 0) is 22.8 Å². The zero-order chi connectivity index (χ0) is 31.7. The Morgan fingerprint density at radius 1 is 0.696 bits per heavy atom. The van der Waals surface area contributed by atoms with E-state index in [4.69, 9.17) is 0 Å². The highest BCUT2D eigenvalue weighted by Crippen LogP contribution is 2.58. The van der Waals surface area contributed by atoms with Crippen LogP contribution >= 0.6 is 0 Å². The average molecular weight is 603 g/mol. The Balaban J connectivity index is 1.38. The van der Waals surface area contributed by atoms with Crippen molar-refractivity contribution in [2.45, 2.75) is 102 Å². The highest BCUT2D eigenvalue weighted by Gasteiger charge is 2.56. The van der Waals surface area contributed by atoms with Gasteiger partial charge in [0.15, 0.2) is 24.0 Å². The number of hydrogen-bond donors (Lipinski definition) is 0. The Hall–Kier alpha value is -4.04. The second kappa shape index (κ2) is 9.28. The maximum absolute atomic E-state index is 2.76. The summed E-state index contributed by atoms with van der Waals surface area (Å²) in [4.78, 5) is 0. The summed E-state index contributed by atoms with van der Waals surface area (Å²) >= 11 is 0. The van der Waals surface area contributed by atoms with Crippen LogP contribution in [0.15, 0.2) is 91.3 Å². The molecule has 4 aliphatic rings. The van der Waals surface area contributed by atoms with E-state index >= 15 is 0 Å². The number of aromatic nitrogens is 2. The average Bonchev–Trinajstić information content (AvgIpc) is 3.40. The Kier molecular flexibility index (Phi) is 5.69. The summed E-state index contributed by atoms with van der Waals surface area (Å²) in [5, 5.41) is 0. The number of hydrogen-bond acceptors (Lipinski definition) is 0. The molecule has 0 bridgehead atoms. The third-order valence-electron chi connectivity index (χ3n) is 13.0. The molecule has 0 radical (unpaired) electrons. The quantitative estimate of drug-likeness (QED) is 0.181. The van der Waals surface area contributed by atoms with E-state index in [-0.39, 0.29) is 16.4 Å². The Bertz CT molecular complexity index is 2090. The van der Waals surface area contributed by atoms with Crippen molar-refractivity contribution in [2.24, 2.45) is 0 Å². The van der Waals surface area contributed by atoms with Gasteiger partial charge in [-0.3, -0.25) is 0 Å². The van der Waals surface area contributed by atoms with Crippen molar-refractivity contribution < 1.29 is 9.13 Å². The first kappa shape index (κ1) is 28.2. The smallest absolute Gasteiger partial charge is 0.194 e. The molecule has 0 N–H and O–H groups in total. The fourth-order valence-electron chi connectivity index (χ4n) is 10.5. The Morgan fingerprint density at radius 3 is 2.22 bits per heavy atom. The van der Waals surface area contributed by atoms with Crippen molar-refractivity contribution in [3.8, 4) is 33.6 Å². The minimum Gasteiger partial charge on any atom is -0.194 e. The van der Waals surface area contributed by atoms with Crippen LogP contribution in [0.3, 0.4) is 0 Å². The van der Waals surface area contributed by atoms with E-state index in [9.17, 15) is 0 Å². The van der Waals surface area contributed by atoms with Crippen LogP contribution < -0.4 is 9.13 Å². The maximum atomic E-state index is 2.76. The van der Waals surface area contributed by atoms with E-state index in [0.29, 0.717) is 12.0 Å². The second-order valence-electron chi connectivity index (χ2n) is 15.7. The highest BCUT2D eigenvalue weighted by molar-refractivity contribution is 5.85. The van der Waals surface area contributed by atoms with Crippen LogP contribution in [-0.4, -0.2) is 0 Å². The molecule has 9 rings (SSSR count). The van der Waals surface area contributed by atoms with Gasteiger partial charge in [0, 0.05) is 59.8 Å². The number of benzene rings is 3. The molecule has 0 saturated heterocycles. The summed E-state index contributed by atoms with van der Waals surface area (Å²) < 4.78 is 5.48.